The summed E-state index contributed by atoms with van der Waals surface area (Å²) in [4.78, 5) is 0. The quantitative estimate of drug-likeness (QED) is 0.425. The average Bonchev–Trinajstić information content (AvgIpc) is 2.36. The molecule has 0 saturated heterocycles. The molecular weight excluding hydrogens is 299 g/mol. The maximum Gasteiger partial charge on any atom is 0.0692 e. The molecule has 0 radical (unpaired) electrons. The lowest BCUT2D eigenvalue weighted by Gasteiger charge is -2.27. The fraction of sp³-hybridized carbons (Fsp3) is 1.00. The molecule has 0 amide bonds. The lowest BCUT2D eigenvalue weighted by atomic mass is 9.83. The van der Waals surface area contributed by atoms with Gasteiger partial charge in [-0.2, -0.15) is 0 Å². The van der Waals surface area contributed by atoms with E-state index in [4.69, 9.17) is 4.74 Å². The third kappa shape index (κ3) is 3.88. The highest BCUT2D eigenvalue weighted by atomic mass is 127. The molecule has 2 aliphatic rings. The van der Waals surface area contributed by atoms with Crippen LogP contribution in [0.5, 0.6) is 0 Å². The molecule has 2 saturated carbocycles. The predicted octanol–water partition coefficient (Wildman–Crippen LogP) is 4.33. The summed E-state index contributed by atoms with van der Waals surface area (Å²) in [5, 5.41) is 0. The lowest BCUT2D eigenvalue weighted by Crippen LogP contribution is -2.25. The van der Waals surface area contributed by atoms with Crippen molar-refractivity contribution in [1.29, 1.82) is 0 Å². The van der Waals surface area contributed by atoms with Gasteiger partial charge in [0.15, 0.2) is 0 Å². The molecule has 2 fully saturated rings. The second-order valence-corrected chi connectivity index (χ2v) is 6.75. The molecule has 15 heavy (non-hydrogen) atoms. The molecular formula is C13H23IO. The molecule has 2 aliphatic carbocycles. The molecule has 0 aromatic heterocycles. The van der Waals surface area contributed by atoms with Gasteiger partial charge in [0.05, 0.1) is 6.10 Å². The third-order valence-electron chi connectivity index (χ3n) is 3.95. The monoisotopic (exact) mass is 322 g/mol. The van der Waals surface area contributed by atoms with Crippen LogP contribution in [0.1, 0.15) is 57.8 Å². The fourth-order valence-corrected chi connectivity index (χ4v) is 3.59. The molecule has 2 heteroatoms. The van der Waals surface area contributed by atoms with Crippen molar-refractivity contribution in [2.24, 2.45) is 5.92 Å². The van der Waals surface area contributed by atoms with E-state index in [1.807, 2.05) is 0 Å². The largest absolute Gasteiger partial charge is 0.377 e. The second-order valence-electron chi connectivity index (χ2n) is 5.15. The zero-order valence-corrected chi connectivity index (χ0v) is 11.7. The number of alkyl halides is 1. The van der Waals surface area contributed by atoms with Crippen LogP contribution in [0.15, 0.2) is 0 Å². The average molecular weight is 322 g/mol. The van der Waals surface area contributed by atoms with E-state index in [-0.39, 0.29) is 0 Å². The minimum Gasteiger partial charge on any atom is -0.377 e. The Hall–Kier alpha value is 0.690. The van der Waals surface area contributed by atoms with E-state index in [1.54, 1.807) is 0 Å². The smallest absolute Gasteiger partial charge is 0.0692 e. The maximum absolute atomic E-state index is 6.07. The number of halogens is 1. The van der Waals surface area contributed by atoms with E-state index in [0.717, 1.165) is 16.4 Å². The molecule has 2 rings (SSSR count). The van der Waals surface area contributed by atoms with Crippen molar-refractivity contribution in [3.05, 3.63) is 0 Å². The highest BCUT2D eigenvalue weighted by Crippen LogP contribution is 2.30. The van der Waals surface area contributed by atoms with Crippen molar-refractivity contribution in [3.63, 3.8) is 0 Å². The van der Waals surface area contributed by atoms with Gasteiger partial charge in [0.1, 0.15) is 0 Å². The van der Waals surface area contributed by atoms with Gasteiger partial charge in [0.2, 0.25) is 0 Å². The molecule has 0 aromatic carbocycles. The summed E-state index contributed by atoms with van der Waals surface area (Å²) in [7, 11) is 0. The van der Waals surface area contributed by atoms with Crippen molar-refractivity contribution in [1.82, 2.24) is 0 Å². The van der Waals surface area contributed by atoms with E-state index in [0.29, 0.717) is 6.10 Å². The summed E-state index contributed by atoms with van der Waals surface area (Å²) in [6.07, 6.45) is 13.2. The summed E-state index contributed by atoms with van der Waals surface area (Å²) in [6.45, 7) is 1.02. The highest BCUT2D eigenvalue weighted by molar-refractivity contribution is 14.1. The van der Waals surface area contributed by atoms with Crippen molar-refractivity contribution in [3.8, 4) is 0 Å². The minimum absolute atomic E-state index is 0.563. The van der Waals surface area contributed by atoms with Crippen LogP contribution < -0.4 is 0 Å². The molecule has 2 atom stereocenters. The number of hydrogen-bond acceptors (Lipinski definition) is 1. The van der Waals surface area contributed by atoms with Crippen LogP contribution in [0.4, 0.5) is 0 Å². The van der Waals surface area contributed by atoms with Crippen LogP contribution in [0, 0.1) is 5.92 Å². The van der Waals surface area contributed by atoms with Crippen LogP contribution in [-0.4, -0.2) is 16.6 Å². The molecule has 0 bridgehead atoms. The van der Waals surface area contributed by atoms with Gasteiger partial charge in [0.25, 0.3) is 0 Å². The molecule has 0 heterocycles. The van der Waals surface area contributed by atoms with E-state index in [1.165, 1.54) is 57.8 Å². The summed E-state index contributed by atoms with van der Waals surface area (Å²) in [5.74, 6) is 1.00. The Morgan fingerprint density at radius 2 is 1.73 bits per heavy atom. The van der Waals surface area contributed by atoms with Gasteiger partial charge in [-0.1, -0.05) is 61.1 Å². The van der Waals surface area contributed by atoms with Gasteiger partial charge in [-0.15, -0.1) is 0 Å². The van der Waals surface area contributed by atoms with Gasteiger partial charge in [-0.05, 0) is 25.2 Å². The molecule has 2 unspecified atom stereocenters. The zero-order valence-electron chi connectivity index (χ0n) is 9.59. The first-order chi connectivity index (χ1) is 7.36. The van der Waals surface area contributed by atoms with Crippen molar-refractivity contribution in [2.45, 2.75) is 67.8 Å². The Morgan fingerprint density at radius 3 is 2.47 bits per heavy atom. The van der Waals surface area contributed by atoms with Crippen LogP contribution in [0.2, 0.25) is 0 Å². The van der Waals surface area contributed by atoms with Gasteiger partial charge in [0, 0.05) is 10.5 Å². The van der Waals surface area contributed by atoms with Crippen LogP contribution in [-0.2, 0) is 4.74 Å². The van der Waals surface area contributed by atoms with Crippen LogP contribution >= 0.6 is 22.6 Å². The lowest BCUT2D eigenvalue weighted by molar-refractivity contribution is 0.0354. The van der Waals surface area contributed by atoms with E-state index in [2.05, 4.69) is 22.6 Å². The fourth-order valence-electron chi connectivity index (χ4n) is 2.58. The normalized spacial score (nSPS) is 33.4. The Morgan fingerprint density at radius 1 is 0.933 bits per heavy atom. The van der Waals surface area contributed by atoms with Crippen molar-refractivity contribution >= 4 is 22.6 Å². The summed E-state index contributed by atoms with van der Waals surface area (Å²) in [6, 6.07) is 0. The first-order valence-corrected chi connectivity index (χ1v) is 7.86. The Labute approximate surface area is 107 Å². The zero-order chi connectivity index (χ0) is 10.5. The van der Waals surface area contributed by atoms with Crippen LogP contribution in [0.3, 0.4) is 0 Å². The molecule has 0 spiro atoms. The van der Waals surface area contributed by atoms with E-state index in [9.17, 15) is 0 Å². The summed E-state index contributed by atoms with van der Waals surface area (Å²) >= 11 is 2.60. The SMILES string of the molecule is IC1CCCCCC1OCCC1CCC1. The first-order valence-electron chi connectivity index (χ1n) is 6.62. The van der Waals surface area contributed by atoms with Crippen LogP contribution in [0.25, 0.3) is 0 Å². The van der Waals surface area contributed by atoms with Crippen molar-refractivity contribution in [2.75, 3.05) is 6.61 Å². The standard InChI is InChI=1S/C13H23IO/c14-12-7-2-1-3-8-13(12)15-10-9-11-5-4-6-11/h11-13H,1-10H2. The number of rotatable bonds is 4. The highest BCUT2D eigenvalue weighted by Gasteiger charge is 2.23. The molecule has 1 nitrogen and oxygen atoms in total. The predicted molar refractivity (Wildman–Crippen MR) is 72.6 cm³/mol. The number of hydrogen-bond donors (Lipinski definition) is 0. The van der Waals surface area contributed by atoms with E-state index >= 15 is 0 Å². The molecule has 0 aliphatic heterocycles. The number of ether oxygens (including phenoxy) is 1. The van der Waals surface area contributed by atoms with Gasteiger partial charge in [-0.25, -0.2) is 0 Å². The third-order valence-corrected chi connectivity index (χ3v) is 5.38. The Balaban J connectivity index is 1.62. The maximum atomic E-state index is 6.07. The van der Waals surface area contributed by atoms with Crippen molar-refractivity contribution < 1.29 is 4.74 Å². The first kappa shape index (κ1) is 12.2. The Bertz CT molecular complexity index is 179. The van der Waals surface area contributed by atoms with Gasteiger partial charge < -0.3 is 4.74 Å². The van der Waals surface area contributed by atoms with E-state index < -0.39 is 0 Å². The van der Waals surface area contributed by atoms with Gasteiger partial charge >= 0.3 is 0 Å². The topological polar surface area (TPSA) is 9.23 Å². The summed E-state index contributed by atoms with van der Waals surface area (Å²) < 4.78 is 6.84. The Kier molecular flexibility index (Phi) is 5.21. The van der Waals surface area contributed by atoms with Gasteiger partial charge in [-0.3, -0.25) is 0 Å². The molecule has 0 aromatic rings. The second kappa shape index (κ2) is 6.43. The molecule has 88 valence electrons. The summed E-state index contributed by atoms with van der Waals surface area (Å²) in [5.41, 5.74) is 0. The minimum atomic E-state index is 0.563. The molecule has 0 N–H and O–H groups in total.